The fourth-order valence-electron chi connectivity index (χ4n) is 3.60. The average Bonchev–Trinajstić information content (AvgIpc) is 3.24. The molecule has 3 rings (SSSR count). The molecule has 0 amide bonds. The van der Waals surface area contributed by atoms with E-state index in [1.54, 1.807) is 19.2 Å². The third-order valence-corrected chi connectivity index (χ3v) is 4.99. The number of halogens is 3. The number of imidazole rings is 1. The normalized spacial score (nSPS) is 13.1. The Labute approximate surface area is 171 Å². The van der Waals surface area contributed by atoms with Crippen LogP contribution in [0.25, 0.3) is 16.9 Å². The van der Waals surface area contributed by atoms with Crippen molar-refractivity contribution in [2.45, 2.75) is 26.1 Å². The summed E-state index contributed by atoms with van der Waals surface area (Å²) in [7, 11) is 1.87. The maximum absolute atomic E-state index is 12.3. The Morgan fingerprint density at radius 3 is 2.63 bits per heavy atom. The molecule has 0 fully saturated rings. The van der Waals surface area contributed by atoms with Gasteiger partial charge in [-0.2, -0.15) is 13.2 Å². The summed E-state index contributed by atoms with van der Waals surface area (Å²) in [4.78, 5) is 16.1. The van der Waals surface area contributed by atoms with E-state index in [0.717, 1.165) is 17.1 Å². The van der Waals surface area contributed by atoms with Gasteiger partial charge in [-0.1, -0.05) is 0 Å². The number of hydrogen-bond donors (Lipinski definition) is 3. The summed E-state index contributed by atoms with van der Waals surface area (Å²) < 4.78 is 40.5. The molecule has 0 radical (unpaired) electrons. The molecular formula is C20H24F3N5O2. The average molecular weight is 423 g/mol. The number of nitrogens with zero attached hydrogens (tertiary/aromatic N) is 3. The van der Waals surface area contributed by atoms with Crippen molar-refractivity contribution >= 4 is 11.5 Å². The van der Waals surface area contributed by atoms with Crippen LogP contribution in [0.15, 0.2) is 30.7 Å². The predicted molar refractivity (Wildman–Crippen MR) is 107 cm³/mol. The molecule has 3 N–H and O–H groups in total. The van der Waals surface area contributed by atoms with Gasteiger partial charge in [0, 0.05) is 61.5 Å². The monoisotopic (exact) mass is 423 g/mol. The molecule has 3 aromatic rings. The van der Waals surface area contributed by atoms with Crippen LogP contribution in [0.1, 0.15) is 34.6 Å². The minimum Gasteiger partial charge on any atom is -0.478 e. The molecule has 1 unspecified atom stereocenters. The van der Waals surface area contributed by atoms with Crippen molar-refractivity contribution in [3.8, 4) is 11.4 Å². The number of alkyl halides is 3. The molecule has 1 atom stereocenters. The van der Waals surface area contributed by atoms with Gasteiger partial charge >= 0.3 is 12.1 Å². The van der Waals surface area contributed by atoms with E-state index in [4.69, 9.17) is 0 Å². The number of aryl methyl sites for hydroxylation is 1. The molecule has 0 saturated carbocycles. The molecule has 0 bridgehead atoms. The lowest BCUT2D eigenvalue weighted by molar-refractivity contribution is -0.124. The highest BCUT2D eigenvalue weighted by molar-refractivity contribution is 5.91. The number of carboxylic acid groups (broad SMARTS) is 1. The maximum Gasteiger partial charge on any atom is 0.401 e. The number of rotatable bonds is 8. The maximum atomic E-state index is 12.3. The Morgan fingerprint density at radius 1 is 1.30 bits per heavy atom. The number of hydrogen-bond acceptors (Lipinski definition) is 4. The van der Waals surface area contributed by atoms with Crippen molar-refractivity contribution in [3.05, 3.63) is 47.5 Å². The topological polar surface area (TPSA) is 83.6 Å². The molecule has 10 heteroatoms. The summed E-state index contributed by atoms with van der Waals surface area (Å²) in [6.45, 7) is 2.97. The number of carboxylic acids is 1. The highest BCUT2D eigenvalue weighted by atomic mass is 19.4. The molecule has 0 spiro atoms. The van der Waals surface area contributed by atoms with Gasteiger partial charge in [0.2, 0.25) is 0 Å². The van der Waals surface area contributed by atoms with Crippen LogP contribution in [0.3, 0.4) is 0 Å². The first-order chi connectivity index (χ1) is 14.1. The molecule has 30 heavy (non-hydrogen) atoms. The molecule has 0 aliphatic heterocycles. The van der Waals surface area contributed by atoms with Crippen molar-refractivity contribution in [3.63, 3.8) is 0 Å². The number of carbonyl (C=O) groups is 1. The van der Waals surface area contributed by atoms with E-state index in [9.17, 15) is 23.1 Å². The summed E-state index contributed by atoms with van der Waals surface area (Å²) >= 11 is 0. The zero-order chi connectivity index (χ0) is 22.1. The molecule has 7 nitrogen and oxygen atoms in total. The van der Waals surface area contributed by atoms with E-state index in [0.29, 0.717) is 17.6 Å². The minimum absolute atomic E-state index is 0.134. The van der Waals surface area contributed by atoms with Crippen LogP contribution in [0.4, 0.5) is 13.2 Å². The van der Waals surface area contributed by atoms with E-state index in [1.165, 1.54) is 0 Å². The second kappa shape index (κ2) is 8.49. The first-order valence-corrected chi connectivity index (χ1v) is 9.46. The highest BCUT2D eigenvalue weighted by Crippen LogP contribution is 2.28. The van der Waals surface area contributed by atoms with Gasteiger partial charge in [-0.25, -0.2) is 9.78 Å². The molecular weight excluding hydrogens is 399 g/mol. The van der Waals surface area contributed by atoms with Crippen LogP contribution >= 0.6 is 0 Å². The predicted octanol–water partition coefficient (Wildman–Crippen LogP) is 3.15. The van der Waals surface area contributed by atoms with Gasteiger partial charge in [-0.3, -0.25) is 0 Å². The summed E-state index contributed by atoms with van der Waals surface area (Å²) in [5.41, 5.74) is 3.06. The molecule has 3 aromatic heterocycles. The van der Waals surface area contributed by atoms with E-state index >= 15 is 0 Å². The summed E-state index contributed by atoms with van der Waals surface area (Å²) in [6.07, 6.45) is 1.15. The quantitative estimate of drug-likeness (QED) is 0.485. The lowest BCUT2D eigenvalue weighted by Gasteiger charge is -2.20. The lowest BCUT2D eigenvalue weighted by atomic mass is 10.0. The van der Waals surface area contributed by atoms with Crippen LogP contribution in [0.5, 0.6) is 0 Å². The van der Waals surface area contributed by atoms with Crippen molar-refractivity contribution in [2.75, 3.05) is 19.6 Å². The Bertz CT molecular complexity index is 1050. The standard InChI is InChI=1S/C20H24F3N5O2/c1-12-16(19(29)30)9-15-8-14(18-26-6-7-27(18)3)10-28(15)17(12)13(2)25-5-4-24-11-20(21,22)23/h6-10,13,24-25H,4-5,11H2,1-3H3,(H,29,30). The minimum atomic E-state index is -4.25. The fourth-order valence-corrected chi connectivity index (χ4v) is 3.60. The first-order valence-electron chi connectivity index (χ1n) is 9.46. The summed E-state index contributed by atoms with van der Waals surface area (Å²) in [5, 5.41) is 15.1. The van der Waals surface area contributed by atoms with Gasteiger partial charge in [0.1, 0.15) is 5.82 Å². The molecule has 0 aromatic carbocycles. The molecule has 0 aliphatic carbocycles. The first kappa shape index (κ1) is 21.8. The van der Waals surface area contributed by atoms with E-state index in [-0.39, 0.29) is 18.2 Å². The highest BCUT2D eigenvalue weighted by Gasteiger charge is 2.26. The third-order valence-electron chi connectivity index (χ3n) is 4.99. The van der Waals surface area contributed by atoms with Crippen LogP contribution < -0.4 is 10.6 Å². The second-order valence-corrected chi connectivity index (χ2v) is 7.23. The van der Waals surface area contributed by atoms with Crippen molar-refractivity contribution in [1.82, 2.24) is 24.6 Å². The van der Waals surface area contributed by atoms with Gasteiger partial charge < -0.3 is 24.7 Å². The van der Waals surface area contributed by atoms with Crippen molar-refractivity contribution in [2.24, 2.45) is 7.05 Å². The van der Waals surface area contributed by atoms with E-state index < -0.39 is 18.7 Å². The van der Waals surface area contributed by atoms with Crippen LogP contribution in [0, 0.1) is 6.92 Å². The number of aromatic nitrogens is 3. The van der Waals surface area contributed by atoms with E-state index in [2.05, 4.69) is 15.6 Å². The third kappa shape index (κ3) is 4.65. The van der Waals surface area contributed by atoms with Gasteiger partial charge in [0.05, 0.1) is 12.1 Å². The largest absolute Gasteiger partial charge is 0.478 e. The number of fused-ring (bicyclic) bond motifs is 1. The summed E-state index contributed by atoms with van der Waals surface area (Å²) in [5.74, 6) is -0.286. The smallest absolute Gasteiger partial charge is 0.401 e. The van der Waals surface area contributed by atoms with Crippen molar-refractivity contribution < 1.29 is 23.1 Å². The fraction of sp³-hybridized carbons (Fsp3) is 0.400. The lowest BCUT2D eigenvalue weighted by Crippen LogP contribution is -2.35. The summed E-state index contributed by atoms with van der Waals surface area (Å²) in [6, 6.07) is 3.20. The van der Waals surface area contributed by atoms with Gasteiger partial charge in [-0.05, 0) is 31.5 Å². The number of aromatic carboxylic acids is 1. The molecule has 3 heterocycles. The number of pyridine rings is 1. The zero-order valence-electron chi connectivity index (χ0n) is 16.9. The Balaban J connectivity index is 1.91. The van der Waals surface area contributed by atoms with Gasteiger partial charge in [0.25, 0.3) is 0 Å². The van der Waals surface area contributed by atoms with E-state index in [1.807, 2.05) is 41.4 Å². The Morgan fingerprint density at radius 2 is 2.03 bits per heavy atom. The molecule has 0 aliphatic rings. The molecule has 0 saturated heterocycles. The van der Waals surface area contributed by atoms with Gasteiger partial charge in [-0.15, -0.1) is 0 Å². The van der Waals surface area contributed by atoms with Crippen LogP contribution in [0.2, 0.25) is 0 Å². The Kier molecular flexibility index (Phi) is 6.18. The second-order valence-electron chi connectivity index (χ2n) is 7.23. The number of nitrogens with one attached hydrogen (secondary N) is 2. The van der Waals surface area contributed by atoms with Crippen molar-refractivity contribution in [1.29, 1.82) is 0 Å². The Hall–Kier alpha value is -2.85. The van der Waals surface area contributed by atoms with Crippen LogP contribution in [-0.4, -0.2) is 50.8 Å². The SMILES string of the molecule is Cc1c(C(=O)O)cc2cc(-c3nccn3C)cn2c1C(C)NCCNCC(F)(F)F. The van der Waals surface area contributed by atoms with Crippen LogP contribution in [-0.2, 0) is 7.05 Å². The zero-order valence-corrected chi connectivity index (χ0v) is 16.9. The van der Waals surface area contributed by atoms with Gasteiger partial charge in [0.15, 0.2) is 0 Å². The molecule has 162 valence electrons.